The molecular weight excluding hydrogens is 375 g/mol. The van der Waals surface area contributed by atoms with Crippen LogP contribution >= 0.6 is 0 Å². The molecular formula is C17H14BF2N3O3S. The minimum atomic E-state index is -3.81. The quantitative estimate of drug-likeness (QED) is 0.499. The monoisotopic (exact) mass is 389 g/mol. The van der Waals surface area contributed by atoms with Crippen molar-refractivity contribution in [2.75, 3.05) is 10.5 Å². The van der Waals surface area contributed by atoms with Gasteiger partial charge < -0.3 is 4.98 Å². The lowest BCUT2D eigenvalue weighted by atomic mass is 9.95. The number of halogens is 2. The van der Waals surface area contributed by atoms with Crippen LogP contribution in [0.25, 0.3) is 11.0 Å². The zero-order valence-electron chi connectivity index (χ0n) is 14.2. The van der Waals surface area contributed by atoms with E-state index >= 15 is 0 Å². The Kier molecular flexibility index (Phi) is 5.01. The first-order valence-corrected chi connectivity index (χ1v) is 9.64. The minimum Gasteiger partial charge on any atom is -0.345 e. The summed E-state index contributed by atoms with van der Waals surface area (Å²) in [5.74, 6) is -3.59. The average Bonchev–Trinajstić information content (AvgIpc) is 3.00. The Morgan fingerprint density at radius 2 is 2.07 bits per heavy atom. The molecule has 27 heavy (non-hydrogen) atoms. The maximum Gasteiger partial charge on any atom is 0.232 e. The SMILES string of the molecule is [B]c1cnc2[nH]cc(C(=O)c3c(F)ccc(NS(=O)(=O)CCC)c3F)c2c1. The number of carbonyl (C=O) groups excluding carboxylic acids is 1. The van der Waals surface area contributed by atoms with Crippen molar-refractivity contribution in [1.82, 2.24) is 9.97 Å². The summed E-state index contributed by atoms with van der Waals surface area (Å²) in [7, 11) is 1.85. The van der Waals surface area contributed by atoms with Crippen molar-refractivity contribution >= 4 is 45.8 Å². The van der Waals surface area contributed by atoms with Crippen molar-refractivity contribution in [3.8, 4) is 0 Å². The Balaban J connectivity index is 2.09. The Bertz CT molecular complexity index is 1150. The van der Waals surface area contributed by atoms with Gasteiger partial charge in [0.1, 0.15) is 19.3 Å². The van der Waals surface area contributed by atoms with Gasteiger partial charge in [0.05, 0.1) is 17.0 Å². The lowest BCUT2D eigenvalue weighted by Crippen LogP contribution is -2.18. The summed E-state index contributed by atoms with van der Waals surface area (Å²) in [4.78, 5) is 19.5. The number of benzene rings is 1. The van der Waals surface area contributed by atoms with Crippen molar-refractivity contribution in [1.29, 1.82) is 0 Å². The number of nitrogens with zero attached hydrogens (tertiary/aromatic N) is 1. The highest BCUT2D eigenvalue weighted by molar-refractivity contribution is 7.92. The first kappa shape index (κ1) is 19.0. The second-order valence-electron chi connectivity index (χ2n) is 5.90. The van der Waals surface area contributed by atoms with E-state index in [0.717, 1.165) is 12.1 Å². The molecule has 2 N–H and O–H groups in total. The third-order valence-electron chi connectivity index (χ3n) is 3.85. The van der Waals surface area contributed by atoms with Gasteiger partial charge in [-0.2, -0.15) is 0 Å². The highest BCUT2D eigenvalue weighted by atomic mass is 32.2. The molecule has 138 valence electrons. The minimum absolute atomic E-state index is 0.0313. The van der Waals surface area contributed by atoms with Crippen LogP contribution in [0.3, 0.4) is 0 Å². The van der Waals surface area contributed by atoms with Gasteiger partial charge >= 0.3 is 0 Å². The van der Waals surface area contributed by atoms with E-state index in [0.29, 0.717) is 17.5 Å². The zero-order chi connectivity index (χ0) is 19.8. The summed E-state index contributed by atoms with van der Waals surface area (Å²) >= 11 is 0. The fourth-order valence-corrected chi connectivity index (χ4v) is 3.80. The lowest BCUT2D eigenvalue weighted by molar-refractivity contribution is 0.103. The second kappa shape index (κ2) is 7.11. The zero-order valence-corrected chi connectivity index (χ0v) is 15.0. The second-order valence-corrected chi connectivity index (χ2v) is 7.74. The standard InChI is InChI=1S/C17H14BF2N3O3S/c1-2-5-27(25,26)23-13-4-3-12(19)14(15(13)20)16(24)11-8-22-17-10(11)6-9(18)7-21-17/h3-4,6-8,23H,2,5H2,1H3,(H,21,22). The number of hydrogen-bond donors (Lipinski definition) is 2. The van der Waals surface area contributed by atoms with Crippen LogP contribution in [0.5, 0.6) is 0 Å². The predicted octanol–water partition coefficient (Wildman–Crippen LogP) is 2.02. The predicted molar refractivity (Wildman–Crippen MR) is 99.0 cm³/mol. The van der Waals surface area contributed by atoms with Crippen molar-refractivity contribution < 1.29 is 22.0 Å². The van der Waals surface area contributed by atoms with E-state index in [2.05, 4.69) is 9.97 Å². The normalized spacial score (nSPS) is 11.7. The number of aromatic nitrogens is 2. The molecule has 0 saturated heterocycles. The Morgan fingerprint density at radius 1 is 1.33 bits per heavy atom. The van der Waals surface area contributed by atoms with Gasteiger partial charge in [-0.05, 0) is 18.6 Å². The molecule has 0 aliphatic rings. The van der Waals surface area contributed by atoms with E-state index in [-0.39, 0.29) is 16.8 Å². The number of aromatic amines is 1. The smallest absolute Gasteiger partial charge is 0.232 e. The van der Waals surface area contributed by atoms with Crippen LogP contribution in [-0.2, 0) is 10.0 Å². The number of ketones is 1. The molecule has 0 aliphatic heterocycles. The Labute approximate surface area is 155 Å². The molecule has 2 heterocycles. The van der Waals surface area contributed by atoms with Crippen LogP contribution in [-0.4, -0.2) is 37.8 Å². The molecule has 0 bridgehead atoms. The van der Waals surface area contributed by atoms with E-state index in [4.69, 9.17) is 7.85 Å². The lowest BCUT2D eigenvalue weighted by Gasteiger charge is -2.11. The van der Waals surface area contributed by atoms with E-state index in [9.17, 15) is 22.0 Å². The van der Waals surface area contributed by atoms with Gasteiger partial charge in [-0.15, -0.1) is 0 Å². The number of pyridine rings is 1. The highest BCUT2D eigenvalue weighted by Gasteiger charge is 2.25. The van der Waals surface area contributed by atoms with Crippen LogP contribution in [0.4, 0.5) is 14.5 Å². The van der Waals surface area contributed by atoms with Gasteiger partial charge in [0, 0.05) is 23.3 Å². The van der Waals surface area contributed by atoms with Gasteiger partial charge in [0.25, 0.3) is 0 Å². The topological polar surface area (TPSA) is 91.9 Å². The van der Waals surface area contributed by atoms with E-state index in [1.165, 1.54) is 18.5 Å². The first-order chi connectivity index (χ1) is 12.7. The molecule has 0 amide bonds. The van der Waals surface area contributed by atoms with E-state index in [1.807, 2.05) is 4.72 Å². The fraction of sp³-hybridized carbons (Fsp3) is 0.176. The van der Waals surface area contributed by atoms with E-state index in [1.54, 1.807) is 6.92 Å². The molecule has 3 aromatic rings. The number of H-pyrrole nitrogens is 1. The summed E-state index contributed by atoms with van der Waals surface area (Å²) in [5.41, 5.74) is -0.789. The van der Waals surface area contributed by atoms with Gasteiger partial charge in [-0.3, -0.25) is 9.52 Å². The summed E-state index contributed by atoms with van der Waals surface area (Å²) in [6.45, 7) is 1.64. The van der Waals surface area contributed by atoms with Crippen molar-refractivity contribution in [3.63, 3.8) is 0 Å². The number of nitrogens with one attached hydrogen (secondary N) is 2. The van der Waals surface area contributed by atoms with Gasteiger partial charge in [0.2, 0.25) is 15.8 Å². The Hall–Kier alpha value is -2.75. The molecule has 6 nitrogen and oxygen atoms in total. The number of rotatable bonds is 6. The summed E-state index contributed by atoms with van der Waals surface area (Å²) < 4.78 is 54.8. The molecule has 2 radical (unpaired) electrons. The first-order valence-electron chi connectivity index (χ1n) is 7.99. The van der Waals surface area contributed by atoms with Crippen molar-refractivity contribution in [2.24, 2.45) is 0 Å². The molecule has 0 unspecified atom stereocenters. The molecule has 1 aromatic carbocycles. The fourth-order valence-electron chi connectivity index (χ4n) is 2.67. The molecule has 0 spiro atoms. The van der Waals surface area contributed by atoms with E-state index < -0.39 is 38.7 Å². The van der Waals surface area contributed by atoms with Crippen LogP contribution in [0.2, 0.25) is 0 Å². The van der Waals surface area contributed by atoms with Crippen LogP contribution < -0.4 is 10.2 Å². The number of sulfonamides is 1. The van der Waals surface area contributed by atoms with Crippen LogP contribution in [0.1, 0.15) is 29.3 Å². The van der Waals surface area contributed by atoms with Gasteiger partial charge in [-0.25, -0.2) is 22.2 Å². The number of anilines is 1. The third-order valence-corrected chi connectivity index (χ3v) is 5.33. The molecule has 0 fully saturated rings. The maximum absolute atomic E-state index is 14.8. The summed E-state index contributed by atoms with van der Waals surface area (Å²) in [6, 6.07) is 3.22. The molecule has 3 rings (SSSR count). The molecule has 0 saturated carbocycles. The number of fused-ring (bicyclic) bond motifs is 1. The number of carbonyl (C=O) groups is 1. The van der Waals surface area contributed by atoms with Gasteiger partial charge in [0.15, 0.2) is 5.82 Å². The largest absolute Gasteiger partial charge is 0.345 e. The van der Waals surface area contributed by atoms with Crippen LogP contribution in [0, 0.1) is 11.6 Å². The number of hydrogen-bond acceptors (Lipinski definition) is 4. The maximum atomic E-state index is 14.8. The average molecular weight is 389 g/mol. The molecule has 0 aliphatic carbocycles. The highest BCUT2D eigenvalue weighted by Crippen LogP contribution is 2.27. The molecule has 10 heteroatoms. The molecule has 2 aromatic heterocycles. The van der Waals surface area contributed by atoms with Crippen molar-refractivity contribution in [3.05, 3.63) is 53.4 Å². The van der Waals surface area contributed by atoms with Gasteiger partial charge in [-0.1, -0.05) is 18.5 Å². The summed E-state index contributed by atoms with van der Waals surface area (Å²) in [6.07, 6.45) is 2.96. The summed E-state index contributed by atoms with van der Waals surface area (Å²) in [5, 5.41) is 0.302. The van der Waals surface area contributed by atoms with Crippen molar-refractivity contribution in [2.45, 2.75) is 13.3 Å². The third kappa shape index (κ3) is 3.70. The Morgan fingerprint density at radius 3 is 2.78 bits per heavy atom. The van der Waals surface area contributed by atoms with Crippen LogP contribution in [0.15, 0.2) is 30.6 Å². The molecule has 0 atom stereocenters.